The van der Waals surface area contributed by atoms with Crippen LogP contribution in [-0.4, -0.2) is 9.13 Å². The quantitative estimate of drug-likeness (QED) is 0.170. The first-order valence-corrected chi connectivity index (χ1v) is 20.9. The second kappa shape index (κ2) is 12.4. The molecule has 0 amide bonds. The zero-order chi connectivity index (χ0) is 38.8. The van der Waals surface area contributed by atoms with E-state index in [1.54, 1.807) is 0 Å². The van der Waals surface area contributed by atoms with Gasteiger partial charge in [-0.25, -0.2) is 0 Å². The van der Waals surface area contributed by atoms with E-state index in [9.17, 15) is 0 Å². The number of rotatable bonds is 4. The van der Waals surface area contributed by atoms with Crippen LogP contribution in [0.15, 0.2) is 146 Å². The summed E-state index contributed by atoms with van der Waals surface area (Å²) in [5.74, 6) is 0. The van der Waals surface area contributed by atoms with Crippen LogP contribution in [0.25, 0.3) is 88.4 Å². The van der Waals surface area contributed by atoms with Crippen LogP contribution in [-0.2, 0) is 25.7 Å². The number of hydrogen-bond donors (Lipinski definition) is 0. The molecule has 2 heteroatoms. The van der Waals surface area contributed by atoms with Gasteiger partial charge in [-0.3, -0.25) is 0 Å². The van der Waals surface area contributed by atoms with E-state index in [1.807, 2.05) is 0 Å². The van der Waals surface area contributed by atoms with Crippen LogP contribution in [0.1, 0.15) is 44.5 Å². The van der Waals surface area contributed by atoms with E-state index < -0.39 is 0 Å². The van der Waals surface area contributed by atoms with E-state index in [1.165, 1.54) is 133 Å². The molecule has 278 valence electrons. The Kier molecular flexibility index (Phi) is 7.18. The van der Waals surface area contributed by atoms with Crippen LogP contribution in [0, 0.1) is 27.7 Å². The lowest BCUT2D eigenvalue weighted by atomic mass is 9.74. The zero-order valence-electron chi connectivity index (χ0n) is 33.6. The molecule has 12 rings (SSSR count). The maximum Gasteiger partial charge on any atom is 0.0579 e. The average Bonchev–Trinajstić information content (AvgIpc) is 3.77. The minimum absolute atomic E-state index is 1.00. The molecule has 2 aliphatic rings. The van der Waals surface area contributed by atoms with Gasteiger partial charge in [-0.15, -0.1) is 0 Å². The highest BCUT2D eigenvalue weighted by atomic mass is 15.0. The molecule has 2 aliphatic carbocycles. The number of para-hydroxylation sites is 2. The molecule has 2 heterocycles. The van der Waals surface area contributed by atoms with Crippen molar-refractivity contribution < 1.29 is 0 Å². The number of aryl methyl sites for hydroxylation is 8. The van der Waals surface area contributed by atoms with Gasteiger partial charge in [-0.2, -0.15) is 0 Å². The number of fused-ring (bicyclic) bond motifs is 8. The van der Waals surface area contributed by atoms with Crippen molar-refractivity contribution in [1.82, 2.24) is 9.13 Å². The van der Waals surface area contributed by atoms with Crippen molar-refractivity contribution in [3.63, 3.8) is 0 Å². The molecule has 0 atom stereocenters. The fraction of sp³-hybridized carbons (Fsp3) is 0.143. The highest BCUT2D eigenvalue weighted by Gasteiger charge is 2.33. The van der Waals surface area contributed by atoms with Gasteiger partial charge in [-0.05, 0) is 181 Å². The van der Waals surface area contributed by atoms with Crippen LogP contribution < -0.4 is 0 Å². The van der Waals surface area contributed by atoms with E-state index >= 15 is 0 Å². The number of aromatic nitrogens is 2. The Morgan fingerprint density at radius 2 is 0.810 bits per heavy atom. The van der Waals surface area contributed by atoms with Crippen molar-refractivity contribution in [1.29, 1.82) is 0 Å². The molecule has 58 heavy (non-hydrogen) atoms. The average molecular weight is 745 g/mol. The summed E-state index contributed by atoms with van der Waals surface area (Å²) in [5.41, 5.74) is 27.2. The summed E-state index contributed by atoms with van der Waals surface area (Å²) >= 11 is 0. The smallest absolute Gasteiger partial charge is 0.0579 e. The molecule has 0 fully saturated rings. The van der Waals surface area contributed by atoms with E-state index in [-0.39, 0.29) is 0 Å². The Labute approximate surface area is 339 Å². The molecule has 0 saturated carbocycles. The predicted molar refractivity (Wildman–Crippen MR) is 245 cm³/mol. The van der Waals surface area contributed by atoms with E-state index in [2.05, 4.69) is 182 Å². The lowest BCUT2D eigenvalue weighted by Gasteiger charge is -2.31. The first-order valence-electron chi connectivity index (χ1n) is 20.9. The molecule has 2 aromatic heterocycles. The molecule has 2 nitrogen and oxygen atoms in total. The van der Waals surface area contributed by atoms with Gasteiger partial charge in [0, 0.05) is 32.9 Å². The topological polar surface area (TPSA) is 9.86 Å². The Morgan fingerprint density at radius 3 is 1.24 bits per heavy atom. The molecule has 0 spiro atoms. The third-order valence-corrected chi connectivity index (χ3v) is 13.4. The van der Waals surface area contributed by atoms with Gasteiger partial charge in [0.1, 0.15) is 0 Å². The second-order valence-electron chi connectivity index (χ2n) is 17.0. The van der Waals surface area contributed by atoms with Crippen molar-refractivity contribution in [2.45, 2.75) is 53.4 Å². The van der Waals surface area contributed by atoms with Gasteiger partial charge in [0.2, 0.25) is 0 Å². The third-order valence-electron chi connectivity index (χ3n) is 13.4. The van der Waals surface area contributed by atoms with E-state index in [4.69, 9.17) is 0 Å². The summed E-state index contributed by atoms with van der Waals surface area (Å²) in [7, 11) is 0. The fourth-order valence-electron chi connectivity index (χ4n) is 10.8. The summed E-state index contributed by atoms with van der Waals surface area (Å²) in [5, 5.41) is 5.44. The maximum atomic E-state index is 2.58. The molecule has 8 aromatic carbocycles. The van der Waals surface area contributed by atoms with Crippen LogP contribution >= 0.6 is 0 Å². The lowest BCUT2D eigenvalue weighted by Crippen LogP contribution is -2.16. The lowest BCUT2D eigenvalue weighted by molar-refractivity contribution is 0.883. The number of nitrogens with zero attached hydrogens (tertiary/aromatic N) is 2. The number of hydrogen-bond acceptors (Lipinski definition) is 0. The van der Waals surface area contributed by atoms with E-state index in [0.29, 0.717) is 0 Å². The van der Waals surface area contributed by atoms with Crippen LogP contribution in [0.5, 0.6) is 0 Å². The molecule has 0 aliphatic heterocycles. The third kappa shape index (κ3) is 4.78. The molecule has 0 saturated heterocycles. The van der Waals surface area contributed by atoms with Crippen molar-refractivity contribution in [3.8, 4) is 44.8 Å². The Morgan fingerprint density at radius 1 is 0.379 bits per heavy atom. The van der Waals surface area contributed by atoms with Gasteiger partial charge >= 0.3 is 0 Å². The van der Waals surface area contributed by atoms with Gasteiger partial charge in [0.05, 0.1) is 22.1 Å². The molecule has 0 radical (unpaired) electrons. The molecule has 0 bridgehead atoms. The van der Waals surface area contributed by atoms with Gasteiger partial charge in [0.25, 0.3) is 0 Å². The SMILES string of the molecule is Cc1ccc(C)c(-c2ccc3c(c2)c2cc4c5c(c2n3-c2ccccc2)CCc2c-5c(cc3c5cc(-c6cc(C)ccc6C)ccc5n(-c5ccccc5)c23)CC4)c1. The summed E-state index contributed by atoms with van der Waals surface area (Å²) in [4.78, 5) is 0. The summed E-state index contributed by atoms with van der Waals surface area (Å²) in [6.07, 6.45) is 4.11. The summed E-state index contributed by atoms with van der Waals surface area (Å²) in [6, 6.07) is 55.3. The molecule has 0 unspecified atom stereocenters. The summed E-state index contributed by atoms with van der Waals surface area (Å²) in [6.45, 7) is 8.87. The van der Waals surface area contributed by atoms with Gasteiger partial charge in [0.15, 0.2) is 0 Å². The van der Waals surface area contributed by atoms with Crippen LogP contribution in [0.4, 0.5) is 0 Å². The largest absolute Gasteiger partial charge is 0.309 e. The highest BCUT2D eigenvalue weighted by molar-refractivity contribution is 6.17. The minimum Gasteiger partial charge on any atom is -0.309 e. The molecular weight excluding hydrogens is 701 g/mol. The van der Waals surface area contributed by atoms with Crippen molar-refractivity contribution in [3.05, 3.63) is 190 Å². The fourth-order valence-corrected chi connectivity index (χ4v) is 10.8. The summed E-state index contributed by atoms with van der Waals surface area (Å²) < 4.78 is 5.14. The van der Waals surface area contributed by atoms with Crippen molar-refractivity contribution in [2.24, 2.45) is 0 Å². The molecule has 10 aromatic rings. The highest BCUT2D eigenvalue weighted by Crippen LogP contribution is 2.51. The Balaban J connectivity index is 1.16. The second-order valence-corrected chi connectivity index (χ2v) is 17.0. The van der Waals surface area contributed by atoms with Gasteiger partial charge in [-0.1, -0.05) is 96.1 Å². The van der Waals surface area contributed by atoms with Crippen molar-refractivity contribution >= 4 is 43.6 Å². The van der Waals surface area contributed by atoms with Gasteiger partial charge < -0.3 is 9.13 Å². The Hall–Kier alpha value is -6.64. The van der Waals surface area contributed by atoms with Crippen LogP contribution in [0.3, 0.4) is 0 Å². The van der Waals surface area contributed by atoms with E-state index in [0.717, 1.165) is 25.7 Å². The minimum atomic E-state index is 1.00. The molecular formula is C56H44N2. The monoisotopic (exact) mass is 744 g/mol. The Bertz CT molecular complexity index is 3130. The first kappa shape index (κ1) is 33.5. The zero-order valence-corrected chi connectivity index (χ0v) is 33.6. The normalized spacial score (nSPS) is 13.2. The number of benzene rings is 8. The predicted octanol–water partition coefficient (Wildman–Crippen LogP) is 14.3. The maximum absolute atomic E-state index is 2.58. The van der Waals surface area contributed by atoms with Crippen LogP contribution in [0.2, 0.25) is 0 Å². The first-order chi connectivity index (χ1) is 28.4. The molecule has 0 N–H and O–H groups in total. The van der Waals surface area contributed by atoms with Crippen molar-refractivity contribution in [2.75, 3.05) is 0 Å². The standard InChI is InChI=1S/C56H44N2/c1-33-15-17-35(3)45(27-33)37-21-25-51-47(29-37)49-31-39-19-20-40-32-50-48-30-38(46-28-34(2)16-18-36(46)4)22-26-52(48)58(42-13-9-6-10-14-42)56(50)44-24-23-43(53(39)54(40)44)55(49)57(51)41-11-7-5-8-12-41/h5-18,21-22,25-32H,19-20,23-24H2,1-4H3.